The van der Waals surface area contributed by atoms with E-state index < -0.39 is 0 Å². The second-order valence-electron chi connectivity index (χ2n) is 4.99. The number of nitrogens with one attached hydrogen (secondary N) is 1. The first-order valence-electron chi connectivity index (χ1n) is 7.80. The van der Waals surface area contributed by atoms with E-state index in [-0.39, 0.29) is 12.4 Å². The molecule has 20 heavy (non-hydrogen) atoms. The summed E-state index contributed by atoms with van der Waals surface area (Å²) in [5, 5.41) is 3.51. The molecular formula is C17H30ClNO. The van der Waals surface area contributed by atoms with Crippen molar-refractivity contribution in [2.75, 3.05) is 13.2 Å². The number of ether oxygens (including phenoxy) is 1. The SMILES string of the molecule is CCCCCCCCNCc1ccccc1OCC.Cl. The lowest BCUT2D eigenvalue weighted by atomic mass is 10.1. The van der Waals surface area contributed by atoms with E-state index in [1.165, 1.54) is 44.1 Å². The maximum Gasteiger partial charge on any atom is 0.123 e. The molecule has 0 radical (unpaired) electrons. The summed E-state index contributed by atoms with van der Waals surface area (Å²) in [6, 6.07) is 8.29. The molecule has 0 fully saturated rings. The highest BCUT2D eigenvalue weighted by atomic mass is 35.5. The minimum absolute atomic E-state index is 0. The molecule has 1 aromatic rings. The second kappa shape index (κ2) is 13.3. The van der Waals surface area contributed by atoms with Crippen LogP contribution in [0.5, 0.6) is 5.75 Å². The molecule has 0 aliphatic rings. The molecule has 0 saturated carbocycles. The molecule has 0 spiro atoms. The van der Waals surface area contributed by atoms with Gasteiger partial charge in [-0.15, -0.1) is 12.4 Å². The zero-order chi connectivity index (χ0) is 13.8. The van der Waals surface area contributed by atoms with Crippen LogP contribution in [0.2, 0.25) is 0 Å². The fraction of sp³-hybridized carbons (Fsp3) is 0.647. The molecular weight excluding hydrogens is 270 g/mol. The molecule has 0 saturated heterocycles. The van der Waals surface area contributed by atoms with E-state index >= 15 is 0 Å². The van der Waals surface area contributed by atoms with Crippen molar-refractivity contribution in [2.24, 2.45) is 0 Å². The largest absolute Gasteiger partial charge is 0.494 e. The van der Waals surface area contributed by atoms with Crippen LogP contribution < -0.4 is 10.1 Å². The van der Waals surface area contributed by atoms with E-state index in [4.69, 9.17) is 4.74 Å². The zero-order valence-corrected chi connectivity index (χ0v) is 13.8. The molecule has 1 aromatic carbocycles. The lowest BCUT2D eigenvalue weighted by Crippen LogP contribution is -2.15. The van der Waals surface area contributed by atoms with Gasteiger partial charge in [0.2, 0.25) is 0 Å². The predicted molar refractivity (Wildman–Crippen MR) is 89.9 cm³/mol. The van der Waals surface area contributed by atoms with E-state index in [2.05, 4.69) is 24.4 Å². The van der Waals surface area contributed by atoms with E-state index in [1.807, 2.05) is 19.1 Å². The van der Waals surface area contributed by atoms with Gasteiger partial charge in [0.1, 0.15) is 5.75 Å². The number of benzene rings is 1. The Morgan fingerprint density at radius 2 is 1.65 bits per heavy atom. The normalized spacial score (nSPS) is 10.1. The highest BCUT2D eigenvalue weighted by Gasteiger charge is 2.01. The Labute approximate surface area is 130 Å². The first kappa shape index (κ1) is 19.3. The van der Waals surface area contributed by atoms with Crippen molar-refractivity contribution < 1.29 is 4.74 Å². The molecule has 0 unspecified atom stereocenters. The summed E-state index contributed by atoms with van der Waals surface area (Å²) in [6.07, 6.45) is 8.11. The Morgan fingerprint density at radius 3 is 2.40 bits per heavy atom. The fourth-order valence-electron chi connectivity index (χ4n) is 2.20. The van der Waals surface area contributed by atoms with Gasteiger partial charge in [0.05, 0.1) is 6.61 Å². The van der Waals surface area contributed by atoms with Gasteiger partial charge < -0.3 is 10.1 Å². The van der Waals surface area contributed by atoms with Crippen LogP contribution >= 0.6 is 12.4 Å². The van der Waals surface area contributed by atoms with E-state index in [9.17, 15) is 0 Å². The van der Waals surface area contributed by atoms with Crippen LogP contribution in [0.4, 0.5) is 0 Å². The van der Waals surface area contributed by atoms with Gasteiger partial charge in [0.25, 0.3) is 0 Å². The topological polar surface area (TPSA) is 21.3 Å². The number of halogens is 1. The Kier molecular flexibility index (Phi) is 12.8. The molecule has 116 valence electrons. The quantitative estimate of drug-likeness (QED) is 0.583. The summed E-state index contributed by atoms with van der Waals surface area (Å²) in [5.74, 6) is 1.01. The van der Waals surface area contributed by atoms with Crippen LogP contribution in [0.1, 0.15) is 57.9 Å². The zero-order valence-electron chi connectivity index (χ0n) is 13.0. The third kappa shape index (κ3) is 8.44. The molecule has 0 aromatic heterocycles. The molecule has 0 amide bonds. The van der Waals surface area contributed by atoms with Crippen LogP contribution in [0.25, 0.3) is 0 Å². The molecule has 0 atom stereocenters. The highest BCUT2D eigenvalue weighted by Crippen LogP contribution is 2.17. The molecule has 1 N–H and O–H groups in total. The Morgan fingerprint density at radius 1 is 0.950 bits per heavy atom. The minimum Gasteiger partial charge on any atom is -0.494 e. The van der Waals surface area contributed by atoms with Gasteiger partial charge in [-0.2, -0.15) is 0 Å². The van der Waals surface area contributed by atoms with Gasteiger partial charge >= 0.3 is 0 Å². The minimum atomic E-state index is 0. The van der Waals surface area contributed by atoms with Gasteiger partial charge in [-0.25, -0.2) is 0 Å². The van der Waals surface area contributed by atoms with Gasteiger partial charge in [-0.1, -0.05) is 57.2 Å². The lowest BCUT2D eigenvalue weighted by Gasteiger charge is -2.10. The maximum absolute atomic E-state index is 5.62. The number of hydrogen-bond acceptors (Lipinski definition) is 2. The maximum atomic E-state index is 5.62. The summed E-state index contributed by atoms with van der Waals surface area (Å²) in [6.45, 7) is 7.03. The van der Waals surface area contributed by atoms with Crippen molar-refractivity contribution in [1.82, 2.24) is 5.32 Å². The second-order valence-corrected chi connectivity index (χ2v) is 4.99. The molecule has 1 rings (SSSR count). The van der Waals surface area contributed by atoms with Crippen molar-refractivity contribution in [3.63, 3.8) is 0 Å². The first-order chi connectivity index (χ1) is 9.38. The summed E-state index contributed by atoms with van der Waals surface area (Å²) in [5.41, 5.74) is 1.26. The third-order valence-corrected chi connectivity index (χ3v) is 3.30. The van der Waals surface area contributed by atoms with Crippen LogP contribution in [0, 0.1) is 0 Å². The van der Waals surface area contributed by atoms with Crippen molar-refractivity contribution in [3.05, 3.63) is 29.8 Å². The third-order valence-electron chi connectivity index (χ3n) is 3.30. The Balaban J connectivity index is 0.00000361. The number of unbranched alkanes of at least 4 members (excludes halogenated alkanes) is 5. The fourth-order valence-corrected chi connectivity index (χ4v) is 2.20. The van der Waals surface area contributed by atoms with Crippen molar-refractivity contribution in [1.29, 1.82) is 0 Å². The highest BCUT2D eigenvalue weighted by molar-refractivity contribution is 5.85. The van der Waals surface area contributed by atoms with Crippen molar-refractivity contribution in [2.45, 2.75) is 58.9 Å². The summed E-state index contributed by atoms with van der Waals surface area (Å²) in [7, 11) is 0. The molecule has 0 heterocycles. The van der Waals surface area contributed by atoms with Gasteiger partial charge in [0, 0.05) is 12.1 Å². The number of para-hydroxylation sites is 1. The van der Waals surface area contributed by atoms with Gasteiger partial charge in [-0.3, -0.25) is 0 Å². The van der Waals surface area contributed by atoms with E-state index in [0.29, 0.717) is 0 Å². The molecule has 0 aliphatic heterocycles. The smallest absolute Gasteiger partial charge is 0.123 e. The molecule has 3 heteroatoms. The molecule has 2 nitrogen and oxygen atoms in total. The summed E-state index contributed by atoms with van der Waals surface area (Å²) >= 11 is 0. The molecule has 0 bridgehead atoms. The van der Waals surface area contributed by atoms with Crippen LogP contribution in [0.15, 0.2) is 24.3 Å². The van der Waals surface area contributed by atoms with Crippen molar-refractivity contribution in [3.8, 4) is 5.75 Å². The van der Waals surface area contributed by atoms with Crippen molar-refractivity contribution >= 4 is 12.4 Å². The predicted octanol–water partition coefficient (Wildman–Crippen LogP) is 4.96. The first-order valence-corrected chi connectivity index (χ1v) is 7.80. The summed E-state index contributed by atoms with van der Waals surface area (Å²) < 4.78 is 5.62. The van der Waals surface area contributed by atoms with Gasteiger partial charge in [-0.05, 0) is 26.0 Å². The standard InChI is InChI=1S/C17H29NO.ClH/c1-3-5-6-7-8-11-14-18-15-16-12-9-10-13-17(16)19-4-2;/h9-10,12-13,18H,3-8,11,14-15H2,1-2H3;1H. The number of hydrogen-bond donors (Lipinski definition) is 1. The van der Waals surface area contributed by atoms with Crippen LogP contribution in [-0.2, 0) is 6.54 Å². The van der Waals surface area contributed by atoms with E-state index in [1.54, 1.807) is 0 Å². The van der Waals surface area contributed by atoms with Crippen LogP contribution in [-0.4, -0.2) is 13.2 Å². The number of rotatable bonds is 11. The lowest BCUT2D eigenvalue weighted by molar-refractivity contribution is 0.335. The monoisotopic (exact) mass is 299 g/mol. The van der Waals surface area contributed by atoms with Crippen LogP contribution in [0.3, 0.4) is 0 Å². The van der Waals surface area contributed by atoms with Gasteiger partial charge in [0.15, 0.2) is 0 Å². The summed E-state index contributed by atoms with van der Waals surface area (Å²) in [4.78, 5) is 0. The van der Waals surface area contributed by atoms with E-state index in [0.717, 1.165) is 25.4 Å². The Bertz CT molecular complexity index is 331. The Hall–Kier alpha value is -0.730. The average molecular weight is 300 g/mol. The average Bonchev–Trinajstić information content (AvgIpc) is 2.44. The molecule has 0 aliphatic carbocycles.